The third-order valence-corrected chi connectivity index (χ3v) is 1.11. The largest absolute Gasteiger partial charge is 0.278 e. The van der Waals surface area contributed by atoms with Gasteiger partial charge in [0, 0.05) is 0 Å². The van der Waals surface area contributed by atoms with Crippen LogP contribution in [0, 0.1) is 10.7 Å². The SMILES string of the molecule is N#CSCN(C=O)C=O. The normalized spacial score (nSPS) is 7.44. The number of nitriles is 1. The number of carbonyl (C=O) groups excluding carboxylic acids is 2. The van der Waals surface area contributed by atoms with Gasteiger partial charge in [0.1, 0.15) is 5.40 Å². The fourth-order valence-electron chi connectivity index (χ4n) is 0.189. The number of carbonyl (C=O) groups is 2. The molecule has 0 radical (unpaired) electrons. The summed E-state index contributed by atoms with van der Waals surface area (Å²) in [6, 6.07) is 0. The molecule has 0 spiro atoms. The van der Waals surface area contributed by atoms with E-state index < -0.39 is 0 Å². The first-order valence-corrected chi connectivity index (χ1v) is 3.01. The van der Waals surface area contributed by atoms with Gasteiger partial charge in [-0.25, -0.2) is 0 Å². The van der Waals surface area contributed by atoms with Crippen molar-refractivity contribution < 1.29 is 9.59 Å². The van der Waals surface area contributed by atoms with Crippen LogP contribution in [-0.2, 0) is 9.59 Å². The van der Waals surface area contributed by atoms with Crippen LogP contribution in [0.1, 0.15) is 0 Å². The van der Waals surface area contributed by atoms with Crippen molar-refractivity contribution in [2.75, 3.05) is 5.88 Å². The molecule has 0 saturated carbocycles. The van der Waals surface area contributed by atoms with E-state index in [4.69, 9.17) is 5.26 Å². The van der Waals surface area contributed by atoms with Gasteiger partial charge in [-0.1, -0.05) is 0 Å². The van der Waals surface area contributed by atoms with Crippen molar-refractivity contribution in [1.29, 1.82) is 5.26 Å². The van der Waals surface area contributed by atoms with Crippen LogP contribution in [0.25, 0.3) is 0 Å². The summed E-state index contributed by atoms with van der Waals surface area (Å²) in [5.41, 5.74) is 0. The molecular formula is C4H4N2O2S. The zero-order valence-corrected chi connectivity index (χ0v) is 5.30. The molecule has 0 aliphatic heterocycles. The maximum Gasteiger partial charge on any atom is 0.216 e. The average molecular weight is 144 g/mol. The topological polar surface area (TPSA) is 61.2 Å². The standard InChI is InChI=1S/C4H4N2O2S/c5-1-9-4-6(2-7)3-8/h2-3H,4H2. The van der Waals surface area contributed by atoms with Crippen LogP contribution in [0.5, 0.6) is 0 Å². The van der Waals surface area contributed by atoms with Crippen molar-refractivity contribution in [3.63, 3.8) is 0 Å². The average Bonchev–Trinajstić information content (AvgIpc) is 1.91. The van der Waals surface area contributed by atoms with Gasteiger partial charge in [0.2, 0.25) is 12.8 Å². The highest BCUT2D eigenvalue weighted by Gasteiger charge is 1.95. The van der Waals surface area contributed by atoms with Gasteiger partial charge in [-0.2, -0.15) is 5.26 Å². The Morgan fingerprint density at radius 3 is 2.44 bits per heavy atom. The molecule has 0 aliphatic carbocycles. The van der Waals surface area contributed by atoms with Crippen LogP contribution in [0.15, 0.2) is 0 Å². The highest BCUT2D eigenvalue weighted by molar-refractivity contribution is 8.03. The number of thiocyanates is 1. The van der Waals surface area contributed by atoms with Gasteiger partial charge in [0.25, 0.3) is 0 Å². The summed E-state index contributed by atoms with van der Waals surface area (Å²) < 4.78 is 0. The van der Waals surface area contributed by atoms with Crippen LogP contribution in [-0.4, -0.2) is 23.6 Å². The van der Waals surface area contributed by atoms with E-state index in [1.54, 1.807) is 5.40 Å². The van der Waals surface area contributed by atoms with E-state index in [1.165, 1.54) is 0 Å². The van der Waals surface area contributed by atoms with E-state index in [1.807, 2.05) is 0 Å². The molecular weight excluding hydrogens is 140 g/mol. The second kappa shape index (κ2) is 5.12. The van der Waals surface area contributed by atoms with E-state index >= 15 is 0 Å². The number of thioether (sulfide) groups is 1. The van der Waals surface area contributed by atoms with Gasteiger partial charge in [-0.3, -0.25) is 14.5 Å². The molecule has 0 unspecified atom stereocenters. The Balaban J connectivity index is 3.45. The second-order valence-electron chi connectivity index (χ2n) is 1.09. The Kier molecular flexibility index (Phi) is 4.54. The zero-order chi connectivity index (χ0) is 7.11. The Hall–Kier alpha value is -1.02. The van der Waals surface area contributed by atoms with E-state index in [9.17, 15) is 9.59 Å². The molecule has 5 heteroatoms. The van der Waals surface area contributed by atoms with E-state index in [0.717, 1.165) is 16.7 Å². The number of rotatable bonds is 4. The van der Waals surface area contributed by atoms with Crippen molar-refractivity contribution >= 4 is 24.6 Å². The van der Waals surface area contributed by atoms with Gasteiger partial charge in [0.15, 0.2) is 0 Å². The molecule has 0 saturated heterocycles. The Labute approximate surface area is 56.4 Å². The third-order valence-electron chi connectivity index (χ3n) is 0.549. The first-order chi connectivity index (χ1) is 4.35. The summed E-state index contributed by atoms with van der Waals surface area (Å²) in [5, 5.41) is 9.68. The molecule has 0 rings (SSSR count). The van der Waals surface area contributed by atoms with Gasteiger partial charge in [0.05, 0.1) is 5.88 Å². The van der Waals surface area contributed by atoms with Crippen molar-refractivity contribution in [2.45, 2.75) is 0 Å². The molecule has 0 aromatic heterocycles. The summed E-state index contributed by atoms with van der Waals surface area (Å²) in [4.78, 5) is 20.5. The van der Waals surface area contributed by atoms with Crippen molar-refractivity contribution in [3.8, 4) is 5.40 Å². The highest BCUT2D eigenvalue weighted by Crippen LogP contribution is 1.95. The molecule has 0 N–H and O–H groups in total. The minimum atomic E-state index is 0.101. The number of nitrogens with zero attached hydrogens (tertiary/aromatic N) is 2. The molecule has 0 aliphatic rings. The molecule has 48 valence electrons. The lowest BCUT2D eigenvalue weighted by molar-refractivity contribution is -0.128. The smallest absolute Gasteiger partial charge is 0.216 e. The number of amides is 2. The fourth-order valence-corrected chi connectivity index (χ4v) is 0.518. The lowest BCUT2D eigenvalue weighted by Gasteiger charge is -2.01. The zero-order valence-electron chi connectivity index (χ0n) is 4.48. The molecule has 0 bridgehead atoms. The maximum atomic E-state index is 9.81. The number of hydrogen-bond donors (Lipinski definition) is 0. The second-order valence-corrected chi connectivity index (χ2v) is 1.82. The Bertz CT molecular complexity index is 134. The van der Waals surface area contributed by atoms with Crippen LogP contribution >= 0.6 is 11.8 Å². The van der Waals surface area contributed by atoms with E-state index in [0.29, 0.717) is 12.8 Å². The van der Waals surface area contributed by atoms with Gasteiger partial charge >= 0.3 is 0 Å². The van der Waals surface area contributed by atoms with Crippen molar-refractivity contribution in [3.05, 3.63) is 0 Å². The summed E-state index contributed by atoms with van der Waals surface area (Å²) in [6.45, 7) is 0. The first-order valence-electron chi connectivity index (χ1n) is 2.02. The number of hydrogen-bond acceptors (Lipinski definition) is 4. The molecule has 0 fully saturated rings. The number of imide groups is 1. The summed E-state index contributed by atoms with van der Waals surface area (Å²) >= 11 is 0.834. The summed E-state index contributed by atoms with van der Waals surface area (Å²) in [6.07, 6.45) is 0.745. The van der Waals surface area contributed by atoms with Crippen molar-refractivity contribution in [1.82, 2.24) is 4.90 Å². The monoisotopic (exact) mass is 144 g/mol. The van der Waals surface area contributed by atoms with E-state index in [2.05, 4.69) is 0 Å². The fraction of sp³-hybridized carbons (Fsp3) is 0.250. The highest BCUT2D eigenvalue weighted by atomic mass is 32.2. The lowest BCUT2D eigenvalue weighted by Crippen LogP contribution is -2.18. The van der Waals surface area contributed by atoms with Crippen LogP contribution in [0.2, 0.25) is 0 Å². The minimum Gasteiger partial charge on any atom is -0.278 e. The predicted molar refractivity (Wildman–Crippen MR) is 32.0 cm³/mol. The van der Waals surface area contributed by atoms with Gasteiger partial charge in [-0.05, 0) is 11.8 Å². The molecule has 9 heavy (non-hydrogen) atoms. The molecule has 0 aromatic carbocycles. The molecule has 4 nitrogen and oxygen atoms in total. The summed E-state index contributed by atoms with van der Waals surface area (Å²) in [5.74, 6) is 0.101. The molecule has 2 amide bonds. The third kappa shape index (κ3) is 3.55. The van der Waals surface area contributed by atoms with Crippen LogP contribution in [0.3, 0.4) is 0 Å². The predicted octanol–water partition coefficient (Wildman–Crippen LogP) is -0.227. The Morgan fingerprint density at radius 1 is 1.56 bits per heavy atom. The molecule has 0 atom stereocenters. The molecule has 0 heterocycles. The van der Waals surface area contributed by atoms with Gasteiger partial charge in [-0.15, -0.1) is 0 Å². The maximum absolute atomic E-state index is 9.81. The lowest BCUT2D eigenvalue weighted by atomic mass is 10.9. The van der Waals surface area contributed by atoms with Gasteiger partial charge < -0.3 is 0 Å². The van der Waals surface area contributed by atoms with Crippen LogP contribution < -0.4 is 0 Å². The summed E-state index contributed by atoms with van der Waals surface area (Å²) in [7, 11) is 0. The van der Waals surface area contributed by atoms with Crippen LogP contribution in [0.4, 0.5) is 0 Å². The quantitative estimate of drug-likeness (QED) is 0.310. The van der Waals surface area contributed by atoms with E-state index in [-0.39, 0.29) is 5.88 Å². The Morgan fingerprint density at radius 2 is 2.11 bits per heavy atom. The van der Waals surface area contributed by atoms with Crippen molar-refractivity contribution in [2.24, 2.45) is 0 Å². The minimum absolute atomic E-state index is 0.101. The molecule has 0 aromatic rings. The first kappa shape index (κ1) is 7.98.